The van der Waals surface area contributed by atoms with Gasteiger partial charge < -0.3 is 10.0 Å². The fourth-order valence-electron chi connectivity index (χ4n) is 0.837. The lowest BCUT2D eigenvalue weighted by Gasteiger charge is -2.15. The molecule has 0 aliphatic heterocycles. The standard InChI is InChI=1S/C8H10FNO/c1-10(6-11)8-5-3-2-4-7(8)9/h2-5,11H,6H2,1H3. The van der Waals surface area contributed by atoms with Crippen LogP contribution >= 0.6 is 0 Å². The predicted octanol–water partition coefficient (Wildman–Crippen LogP) is 1.21. The van der Waals surface area contributed by atoms with Crippen molar-refractivity contribution in [3.05, 3.63) is 30.1 Å². The largest absolute Gasteiger partial charge is 0.376 e. The van der Waals surface area contributed by atoms with Crippen LogP contribution in [-0.2, 0) is 0 Å². The van der Waals surface area contributed by atoms with E-state index < -0.39 is 0 Å². The van der Waals surface area contributed by atoms with Crippen LogP contribution in [-0.4, -0.2) is 18.9 Å². The highest BCUT2D eigenvalue weighted by Crippen LogP contribution is 2.15. The minimum atomic E-state index is -0.316. The molecule has 1 rings (SSSR count). The molecule has 2 nitrogen and oxygen atoms in total. The van der Waals surface area contributed by atoms with Gasteiger partial charge in [-0.25, -0.2) is 4.39 Å². The Labute approximate surface area is 64.9 Å². The molecule has 60 valence electrons. The second-order valence-corrected chi connectivity index (χ2v) is 2.29. The quantitative estimate of drug-likeness (QED) is 0.649. The first-order valence-electron chi connectivity index (χ1n) is 3.32. The number of para-hydroxylation sites is 1. The molecule has 0 fully saturated rings. The molecule has 0 heterocycles. The van der Waals surface area contributed by atoms with E-state index >= 15 is 0 Å². The molecule has 0 atom stereocenters. The van der Waals surface area contributed by atoms with Gasteiger partial charge in [-0.15, -0.1) is 0 Å². The van der Waals surface area contributed by atoms with Crippen molar-refractivity contribution < 1.29 is 9.50 Å². The van der Waals surface area contributed by atoms with Crippen LogP contribution in [0.3, 0.4) is 0 Å². The van der Waals surface area contributed by atoms with Crippen molar-refractivity contribution >= 4 is 5.69 Å². The first kappa shape index (κ1) is 8.01. The van der Waals surface area contributed by atoms with E-state index in [1.54, 1.807) is 25.2 Å². The van der Waals surface area contributed by atoms with Crippen LogP contribution in [0.15, 0.2) is 24.3 Å². The van der Waals surface area contributed by atoms with Gasteiger partial charge >= 0.3 is 0 Å². The molecule has 1 aromatic rings. The van der Waals surface area contributed by atoms with Crippen LogP contribution in [0.4, 0.5) is 10.1 Å². The molecule has 0 unspecified atom stereocenters. The number of hydrogen-bond donors (Lipinski definition) is 1. The Hall–Kier alpha value is -1.09. The Balaban J connectivity index is 2.93. The minimum absolute atomic E-state index is 0.180. The van der Waals surface area contributed by atoms with Gasteiger partial charge in [-0.3, -0.25) is 0 Å². The zero-order valence-corrected chi connectivity index (χ0v) is 6.29. The summed E-state index contributed by atoms with van der Waals surface area (Å²) in [7, 11) is 1.62. The van der Waals surface area contributed by atoms with E-state index in [1.807, 2.05) is 0 Å². The molecule has 0 aliphatic rings. The number of hydrogen-bond acceptors (Lipinski definition) is 2. The van der Waals surface area contributed by atoms with Crippen LogP contribution in [0.1, 0.15) is 0 Å². The summed E-state index contributed by atoms with van der Waals surface area (Å²) in [5, 5.41) is 8.67. The third-order valence-electron chi connectivity index (χ3n) is 1.48. The molecule has 0 amide bonds. The van der Waals surface area contributed by atoms with Crippen LogP contribution in [0.2, 0.25) is 0 Å². The van der Waals surface area contributed by atoms with Crippen LogP contribution in [0.5, 0.6) is 0 Å². The normalized spacial score (nSPS) is 9.73. The highest BCUT2D eigenvalue weighted by Gasteiger charge is 2.03. The molecule has 0 spiro atoms. The monoisotopic (exact) mass is 155 g/mol. The summed E-state index contributed by atoms with van der Waals surface area (Å²) in [4.78, 5) is 1.43. The minimum Gasteiger partial charge on any atom is -0.376 e. The molecule has 1 aromatic carbocycles. The molecule has 0 aliphatic carbocycles. The molecule has 0 aromatic heterocycles. The third kappa shape index (κ3) is 1.68. The van der Waals surface area contributed by atoms with E-state index in [2.05, 4.69) is 0 Å². The Morgan fingerprint density at radius 1 is 1.45 bits per heavy atom. The van der Waals surface area contributed by atoms with Crippen molar-refractivity contribution in [3.8, 4) is 0 Å². The Morgan fingerprint density at radius 2 is 2.09 bits per heavy atom. The fraction of sp³-hybridized carbons (Fsp3) is 0.250. The molecule has 0 saturated heterocycles. The molecule has 0 saturated carbocycles. The first-order chi connectivity index (χ1) is 5.25. The number of aliphatic hydroxyl groups is 1. The molecule has 0 radical (unpaired) electrons. The maximum absolute atomic E-state index is 12.9. The SMILES string of the molecule is CN(CO)c1ccccc1F. The van der Waals surface area contributed by atoms with Gasteiger partial charge in [0.05, 0.1) is 5.69 Å². The molecular formula is C8H10FNO. The van der Waals surface area contributed by atoms with Crippen molar-refractivity contribution in [3.63, 3.8) is 0 Å². The zero-order valence-electron chi connectivity index (χ0n) is 6.29. The Bertz CT molecular complexity index is 239. The number of nitrogens with zero attached hydrogens (tertiary/aromatic N) is 1. The van der Waals surface area contributed by atoms with Crippen molar-refractivity contribution in [2.45, 2.75) is 0 Å². The lowest BCUT2D eigenvalue weighted by atomic mass is 10.3. The van der Waals surface area contributed by atoms with Crippen molar-refractivity contribution in [2.24, 2.45) is 0 Å². The van der Waals surface area contributed by atoms with E-state index in [9.17, 15) is 4.39 Å². The topological polar surface area (TPSA) is 23.5 Å². The molecular weight excluding hydrogens is 145 g/mol. The lowest BCUT2D eigenvalue weighted by molar-refractivity contribution is 0.297. The van der Waals surface area contributed by atoms with E-state index in [0.29, 0.717) is 5.69 Å². The van der Waals surface area contributed by atoms with Crippen molar-refractivity contribution in [2.75, 3.05) is 18.7 Å². The third-order valence-corrected chi connectivity index (χ3v) is 1.48. The van der Waals surface area contributed by atoms with Gasteiger partial charge in [0.25, 0.3) is 0 Å². The molecule has 11 heavy (non-hydrogen) atoms. The van der Waals surface area contributed by atoms with Gasteiger partial charge in [0.15, 0.2) is 0 Å². The van der Waals surface area contributed by atoms with E-state index in [4.69, 9.17) is 5.11 Å². The van der Waals surface area contributed by atoms with Crippen LogP contribution in [0, 0.1) is 5.82 Å². The molecule has 3 heteroatoms. The summed E-state index contributed by atoms with van der Waals surface area (Å²) in [6.45, 7) is -0.180. The van der Waals surface area contributed by atoms with Gasteiger partial charge in [0.1, 0.15) is 12.5 Å². The van der Waals surface area contributed by atoms with Gasteiger partial charge in [0.2, 0.25) is 0 Å². The Kier molecular flexibility index (Phi) is 2.44. The Morgan fingerprint density at radius 3 is 2.64 bits per heavy atom. The summed E-state index contributed by atoms with van der Waals surface area (Å²) in [5.74, 6) is -0.316. The van der Waals surface area contributed by atoms with E-state index in [0.717, 1.165) is 0 Å². The van der Waals surface area contributed by atoms with Gasteiger partial charge in [-0.1, -0.05) is 12.1 Å². The number of anilines is 1. The summed E-state index contributed by atoms with van der Waals surface area (Å²) < 4.78 is 12.9. The second-order valence-electron chi connectivity index (χ2n) is 2.29. The average molecular weight is 155 g/mol. The number of rotatable bonds is 2. The molecule has 0 bridgehead atoms. The van der Waals surface area contributed by atoms with Gasteiger partial charge in [-0.2, -0.15) is 0 Å². The first-order valence-corrected chi connectivity index (χ1v) is 3.32. The smallest absolute Gasteiger partial charge is 0.146 e. The maximum atomic E-state index is 12.9. The number of halogens is 1. The fourth-order valence-corrected chi connectivity index (χ4v) is 0.837. The highest BCUT2D eigenvalue weighted by molar-refractivity contribution is 5.46. The maximum Gasteiger partial charge on any atom is 0.146 e. The van der Waals surface area contributed by atoms with E-state index in [-0.39, 0.29) is 12.5 Å². The van der Waals surface area contributed by atoms with Crippen LogP contribution < -0.4 is 4.90 Å². The number of aliphatic hydroxyl groups excluding tert-OH is 1. The van der Waals surface area contributed by atoms with Gasteiger partial charge in [0, 0.05) is 7.05 Å². The summed E-state index contributed by atoms with van der Waals surface area (Å²) in [6.07, 6.45) is 0. The van der Waals surface area contributed by atoms with Crippen molar-refractivity contribution in [1.82, 2.24) is 0 Å². The number of benzene rings is 1. The van der Waals surface area contributed by atoms with E-state index in [1.165, 1.54) is 11.0 Å². The highest BCUT2D eigenvalue weighted by atomic mass is 19.1. The second kappa shape index (κ2) is 3.34. The summed E-state index contributed by atoms with van der Waals surface area (Å²) in [5.41, 5.74) is 0.412. The zero-order chi connectivity index (χ0) is 8.27. The van der Waals surface area contributed by atoms with Gasteiger partial charge in [-0.05, 0) is 12.1 Å². The summed E-state index contributed by atoms with van der Waals surface area (Å²) in [6, 6.07) is 6.32. The van der Waals surface area contributed by atoms with Crippen LogP contribution in [0.25, 0.3) is 0 Å². The van der Waals surface area contributed by atoms with Crippen molar-refractivity contribution in [1.29, 1.82) is 0 Å². The average Bonchev–Trinajstić information content (AvgIpc) is 2.04. The summed E-state index contributed by atoms with van der Waals surface area (Å²) >= 11 is 0. The lowest BCUT2D eigenvalue weighted by Crippen LogP contribution is -2.18. The predicted molar refractivity (Wildman–Crippen MR) is 41.9 cm³/mol. The molecule has 1 N–H and O–H groups in total.